The van der Waals surface area contributed by atoms with E-state index in [1.54, 1.807) is 24.3 Å². The molecule has 0 saturated carbocycles. The zero-order valence-corrected chi connectivity index (χ0v) is 16.9. The summed E-state index contributed by atoms with van der Waals surface area (Å²) in [6.07, 6.45) is -0.430. The molecule has 2 aromatic rings. The SMILES string of the molecule is O=S1(=O)CCC(CN2CCC(Oc3cccc4c3ccn4CC(F)(F)F)CC2)C1. The van der Waals surface area contributed by atoms with E-state index in [-0.39, 0.29) is 12.0 Å². The second-order valence-electron chi connectivity index (χ2n) is 8.13. The molecule has 1 unspecified atom stereocenters. The Balaban J connectivity index is 1.35. The van der Waals surface area contributed by atoms with E-state index in [1.807, 2.05) is 0 Å². The van der Waals surface area contributed by atoms with E-state index in [0.717, 1.165) is 38.9 Å². The van der Waals surface area contributed by atoms with Gasteiger partial charge in [-0.2, -0.15) is 13.2 Å². The molecule has 1 atom stereocenters. The van der Waals surface area contributed by atoms with Crippen LogP contribution in [0.3, 0.4) is 0 Å². The van der Waals surface area contributed by atoms with Gasteiger partial charge in [0.2, 0.25) is 0 Å². The third-order valence-electron chi connectivity index (χ3n) is 5.79. The highest BCUT2D eigenvalue weighted by molar-refractivity contribution is 7.91. The number of aromatic nitrogens is 1. The zero-order chi connectivity index (χ0) is 20.6. The summed E-state index contributed by atoms with van der Waals surface area (Å²) >= 11 is 0. The van der Waals surface area contributed by atoms with E-state index in [4.69, 9.17) is 4.74 Å². The molecule has 2 saturated heterocycles. The molecule has 2 fully saturated rings. The molecule has 1 aromatic carbocycles. The summed E-state index contributed by atoms with van der Waals surface area (Å²) in [5.74, 6) is 1.43. The van der Waals surface area contributed by atoms with Crippen LogP contribution in [0.2, 0.25) is 0 Å². The highest BCUT2D eigenvalue weighted by atomic mass is 32.2. The second-order valence-corrected chi connectivity index (χ2v) is 10.4. The van der Waals surface area contributed by atoms with Crippen LogP contribution < -0.4 is 4.74 Å². The summed E-state index contributed by atoms with van der Waals surface area (Å²) in [7, 11) is -2.85. The maximum Gasteiger partial charge on any atom is 0.406 e. The molecule has 2 aliphatic rings. The molecule has 0 bridgehead atoms. The van der Waals surface area contributed by atoms with E-state index in [0.29, 0.717) is 28.2 Å². The fourth-order valence-corrected chi connectivity index (χ4v) is 6.25. The first-order valence-corrected chi connectivity index (χ1v) is 11.7. The van der Waals surface area contributed by atoms with Crippen LogP contribution in [0.4, 0.5) is 13.2 Å². The van der Waals surface area contributed by atoms with E-state index in [9.17, 15) is 21.6 Å². The molecule has 2 aliphatic heterocycles. The predicted molar refractivity (Wildman–Crippen MR) is 105 cm³/mol. The Morgan fingerprint density at radius 1 is 1.10 bits per heavy atom. The molecule has 0 spiro atoms. The van der Waals surface area contributed by atoms with Gasteiger partial charge < -0.3 is 14.2 Å². The van der Waals surface area contributed by atoms with Gasteiger partial charge in [0.15, 0.2) is 9.84 Å². The van der Waals surface area contributed by atoms with Crippen LogP contribution in [0.25, 0.3) is 10.9 Å². The van der Waals surface area contributed by atoms with Crippen molar-refractivity contribution < 1.29 is 26.3 Å². The Hall–Kier alpha value is -1.74. The molecule has 0 N–H and O–H groups in total. The third kappa shape index (κ3) is 5.06. The molecule has 160 valence electrons. The summed E-state index contributed by atoms with van der Waals surface area (Å²) < 4.78 is 68.8. The molecule has 4 rings (SSSR count). The number of hydrogen-bond donors (Lipinski definition) is 0. The third-order valence-corrected chi connectivity index (χ3v) is 7.63. The molecular formula is C20H25F3N2O3S. The fourth-order valence-electron chi connectivity index (χ4n) is 4.40. The van der Waals surface area contributed by atoms with Crippen molar-refractivity contribution in [1.29, 1.82) is 0 Å². The van der Waals surface area contributed by atoms with E-state index >= 15 is 0 Å². The minimum atomic E-state index is -4.27. The van der Waals surface area contributed by atoms with E-state index in [1.165, 1.54) is 10.8 Å². The van der Waals surface area contributed by atoms with Crippen molar-refractivity contribution in [2.24, 2.45) is 5.92 Å². The molecule has 29 heavy (non-hydrogen) atoms. The smallest absolute Gasteiger partial charge is 0.406 e. The lowest BCUT2D eigenvalue weighted by molar-refractivity contribution is -0.139. The molecule has 9 heteroatoms. The van der Waals surface area contributed by atoms with Gasteiger partial charge in [-0.05, 0) is 43.4 Å². The number of rotatable bonds is 5. The van der Waals surface area contributed by atoms with Crippen molar-refractivity contribution in [2.45, 2.75) is 38.1 Å². The van der Waals surface area contributed by atoms with Gasteiger partial charge in [-0.3, -0.25) is 0 Å². The molecular weight excluding hydrogens is 405 g/mol. The Kier molecular flexibility index (Phi) is 5.54. The van der Waals surface area contributed by atoms with Gasteiger partial charge >= 0.3 is 6.18 Å². The minimum Gasteiger partial charge on any atom is -0.490 e. The number of ether oxygens (including phenoxy) is 1. The lowest BCUT2D eigenvalue weighted by atomic mass is 10.0. The molecule has 3 heterocycles. The van der Waals surface area contributed by atoms with E-state index in [2.05, 4.69) is 4.90 Å². The Morgan fingerprint density at radius 2 is 1.86 bits per heavy atom. The van der Waals surface area contributed by atoms with Crippen molar-refractivity contribution >= 4 is 20.7 Å². The average Bonchev–Trinajstić information content (AvgIpc) is 3.19. The number of halogens is 3. The Bertz CT molecular complexity index is 963. The first-order valence-electron chi connectivity index (χ1n) is 9.92. The van der Waals surface area contributed by atoms with Gasteiger partial charge in [0.25, 0.3) is 0 Å². The number of fused-ring (bicyclic) bond motifs is 1. The Morgan fingerprint density at radius 3 is 2.52 bits per heavy atom. The van der Waals surface area contributed by atoms with Crippen LogP contribution in [0.1, 0.15) is 19.3 Å². The van der Waals surface area contributed by atoms with Crippen molar-refractivity contribution in [1.82, 2.24) is 9.47 Å². The lowest BCUT2D eigenvalue weighted by Crippen LogP contribution is -2.40. The standard InChI is InChI=1S/C20H25F3N2O3S/c21-20(22,23)14-25-10-6-17-18(25)2-1-3-19(17)28-16-4-8-24(9-5-16)12-15-7-11-29(26,27)13-15/h1-3,6,10,15-16H,4-5,7-9,11-14H2. The second kappa shape index (κ2) is 7.83. The van der Waals surface area contributed by atoms with Gasteiger partial charge in [0.1, 0.15) is 18.4 Å². The van der Waals surface area contributed by atoms with Gasteiger partial charge in [-0.1, -0.05) is 6.07 Å². The molecule has 1 aromatic heterocycles. The molecule has 0 amide bonds. The number of hydrogen-bond acceptors (Lipinski definition) is 4. The predicted octanol–water partition coefficient (Wildman–Crippen LogP) is 3.48. The maximum absolute atomic E-state index is 12.8. The number of alkyl halides is 3. The van der Waals surface area contributed by atoms with Gasteiger partial charge in [-0.15, -0.1) is 0 Å². The van der Waals surface area contributed by atoms with Crippen LogP contribution in [-0.4, -0.2) is 61.3 Å². The first-order chi connectivity index (χ1) is 13.7. The van der Waals surface area contributed by atoms with Crippen molar-refractivity contribution in [2.75, 3.05) is 31.1 Å². The number of piperidine rings is 1. The zero-order valence-electron chi connectivity index (χ0n) is 16.1. The maximum atomic E-state index is 12.8. The van der Waals surface area contributed by atoms with Crippen molar-refractivity contribution in [3.8, 4) is 5.75 Å². The monoisotopic (exact) mass is 430 g/mol. The topological polar surface area (TPSA) is 51.5 Å². The van der Waals surface area contributed by atoms with Crippen molar-refractivity contribution in [3.05, 3.63) is 30.5 Å². The number of nitrogens with zero attached hydrogens (tertiary/aromatic N) is 2. The number of sulfone groups is 1. The number of benzene rings is 1. The first kappa shape index (κ1) is 20.5. The van der Waals surface area contributed by atoms with Crippen LogP contribution in [0.5, 0.6) is 5.75 Å². The van der Waals surface area contributed by atoms with Gasteiger partial charge in [0, 0.05) is 31.2 Å². The van der Waals surface area contributed by atoms with Crippen LogP contribution in [0.15, 0.2) is 30.5 Å². The highest BCUT2D eigenvalue weighted by Crippen LogP contribution is 2.31. The molecule has 0 aliphatic carbocycles. The Labute approximate surface area is 168 Å². The summed E-state index contributed by atoms with van der Waals surface area (Å²) in [6.45, 7) is 1.47. The lowest BCUT2D eigenvalue weighted by Gasteiger charge is -2.33. The normalized spacial score (nSPS) is 23.6. The summed E-state index contributed by atoms with van der Waals surface area (Å²) in [6, 6.07) is 6.87. The van der Waals surface area contributed by atoms with E-state index < -0.39 is 22.6 Å². The summed E-state index contributed by atoms with van der Waals surface area (Å²) in [5, 5.41) is 0.690. The molecule has 5 nitrogen and oxygen atoms in total. The van der Waals surface area contributed by atoms with Gasteiger partial charge in [-0.25, -0.2) is 8.42 Å². The van der Waals surface area contributed by atoms with Crippen LogP contribution >= 0.6 is 0 Å². The molecule has 0 radical (unpaired) electrons. The van der Waals surface area contributed by atoms with Crippen molar-refractivity contribution in [3.63, 3.8) is 0 Å². The van der Waals surface area contributed by atoms with Crippen LogP contribution in [-0.2, 0) is 16.4 Å². The number of likely N-dealkylation sites (tertiary alicyclic amines) is 1. The highest BCUT2D eigenvalue weighted by Gasteiger charge is 2.31. The van der Waals surface area contributed by atoms with Crippen LogP contribution in [0, 0.1) is 5.92 Å². The van der Waals surface area contributed by atoms with Gasteiger partial charge in [0.05, 0.1) is 17.0 Å². The largest absolute Gasteiger partial charge is 0.490 e. The summed E-state index contributed by atoms with van der Waals surface area (Å²) in [4.78, 5) is 2.30. The fraction of sp³-hybridized carbons (Fsp3) is 0.600. The quantitative estimate of drug-likeness (QED) is 0.729. The minimum absolute atomic E-state index is 0.00938. The summed E-state index contributed by atoms with van der Waals surface area (Å²) in [5.41, 5.74) is 0.514. The average molecular weight is 430 g/mol.